The largest absolute Gasteiger partial charge is 0.508 e. The van der Waals surface area contributed by atoms with Crippen molar-refractivity contribution in [3.63, 3.8) is 0 Å². The van der Waals surface area contributed by atoms with Gasteiger partial charge in [-0.15, -0.1) is 0 Å². The number of carbonyl (C=O) groups is 1. The number of anilines is 1. The van der Waals surface area contributed by atoms with Gasteiger partial charge >= 0.3 is 0 Å². The van der Waals surface area contributed by atoms with Crippen LogP contribution in [0.5, 0.6) is 5.75 Å². The fourth-order valence-corrected chi connectivity index (χ4v) is 1.45. The van der Waals surface area contributed by atoms with Gasteiger partial charge in [-0.25, -0.2) is 0 Å². The molecule has 14 heavy (non-hydrogen) atoms. The van der Waals surface area contributed by atoms with Gasteiger partial charge < -0.3 is 5.11 Å². The first kappa shape index (κ1) is 8.87. The van der Waals surface area contributed by atoms with E-state index < -0.39 is 0 Å². The van der Waals surface area contributed by atoms with Gasteiger partial charge in [0.15, 0.2) is 0 Å². The molecule has 1 heterocycles. The fourth-order valence-electron chi connectivity index (χ4n) is 1.45. The Morgan fingerprint density at radius 2 is 2.07 bits per heavy atom. The highest BCUT2D eigenvalue weighted by atomic mass is 16.3. The number of hydrazine groups is 1. The molecule has 74 valence electrons. The van der Waals surface area contributed by atoms with Crippen molar-refractivity contribution in [2.45, 2.75) is 6.92 Å². The molecule has 1 aliphatic rings. The van der Waals surface area contributed by atoms with E-state index in [2.05, 4.69) is 5.43 Å². The minimum atomic E-state index is 0.0174. The van der Waals surface area contributed by atoms with Crippen molar-refractivity contribution in [2.24, 2.45) is 5.92 Å². The van der Waals surface area contributed by atoms with Gasteiger partial charge in [0.2, 0.25) is 5.91 Å². The zero-order valence-electron chi connectivity index (χ0n) is 7.90. The Labute approximate surface area is 82.1 Å². The molecule has 4 heteroatoms. The summed E-state index contributed by atoms with van der Waals surface area (Å²) in [5.41, 5.74) is 3.64. The zero-order chi connectivity index (χ0) is 10.1. The molecule has 1 saturated heterocycles. The number of hydrogen-bond donors (Lipinski definition) is 2. The van der Waals surface area contributed by atoms with Crippen molar-refractivity contribution >= 4 is 11.6 Å². The molecule has 0 aromatic heterocycles. The number of hydrogen-bond acceptors (Lipinski definition) is 3. The maximum atomic E-state index is 11.2. The molecule has 1 atom stereocenters. The number of phenols is 1. The van der Waals surface area contributed by atoms with Gasteiger partial charge in [-0.05, 0) is 24.3 Å². The molecular weight excluding hydrogens is 180 g/mol. The number of phenolic OH excluding ortho intramolecular Hbond substituents is 1. The highest BCUT2D eigenvalue weighted by Gasteiger charge is 2.26. The van der Waals surface area contributed by atoms with Crippen LogP contribution in [0.15, 0.2) is 24.3 Å². The maximum absolute atomic E-state index is 11.2. The van der Waals surface area contributed by atoms with Gasteiger partial charge in [-0.1, -0.05) is 6.92 Å². The lowest BCUT2D eigenvalue weighted by Crippen LogP contribution is -2.32. The number of aromatic hydroxyl groups is 1. The molecule has 1 unspecified atom stereocenters. The molecule has 4 nitrogen and oxygen atoms in total. The smallest absolute Gasteiger partial charge is 0.243 e. The first-order valence-corrected chi connectivity index (χ1v) is 4.54. The summed E-state index contributed by atoms with van der Waals surface area (Å²) in [4.78, 5) is 11.2. The molecule has 1 aromatic rings. The van der Waals surface area contributed by atoms with Gasteiger partial charge in [0.1, 0.15) is 5.75 Å². The summed E-state index contributed by atoms with van der Waals surface area (Å²) < 4.78 is 0. The van der Waals surface area contributed by atoms with Crippen LogP contribution < -0.4 is 10.4 Å². The predicted molar refractivity (Wildman–Crippen MR) is 52.8 cm³/mol. The number of benzene rings is 1. The van der Waals surface area contributed by atoms with Crippen LogP contribution in [0.4, 0.5) is 5.69 Å². The lowest BCUT2D eigenvalue weighted by molar-refractivity contribution is -0.121. The SMILES string of the molecule is CC1CN(c2ccc(O)cc2)NC1=O. The Balaban J connectivity index is 2.17. The Morgan fingerprint density at radius 3 is 2.57 bits per heavy atom. The third-order valence-corrected chi connectivity index (χ3v) is 2.31. The van der Waals surface area contributed by atoms with Crippen LogP contribution in [0.25, 0.3) is 0 Å². The lowest BCUT2D eigenvalue weighted by Gasteiger charge is -2.16. The number of amides is 1. The average Bonchev–Trinajstić information content (AvgIpc) is 2.48. The van der Waals surface area contributed by atoms with E-state index in [1.165, 1.54) is 0 Å². The van der Waals surface area contributed by atoms with Gasteiger partial charge in [0.05, 0.1) is 18.2 Å². The molecule has 0 saturated carbocycles. The second-order valence-corrected chi connectivity index (χ2v) is 3.50. The Morgan fingerprint density at radius 1 is 1.43 bits per heavy atom. The van der Waals surface area contributed by atoms with E-state index in [-0.39, 0.29) is 17.6 Å². The molecule has 2 N–H and O–H groups in total. The van der Waals surface area contributed by atoms with E-state index >= 15 is 0 Å². The van der Waals surface area contributed by atoms with Crippen LogP contribution in [-0.2, 0) is 4.79 Å². The highest BCUT2D eigenvalue weighted by Crippen LogP contribution is 2.20. The van der Waals surface area contributed by atoms with Crippen molar-refractivity contribution in [1.82, 2.24) is 5.43 Å². The molecule has 1 aliphatic heterocycles. The lowest BCUT2D eigenvalue weighted by atomic mass is 10.2. The number of nitrogens with one attached hydrogen (secondary N) is 1. The summed E-state index contributed by atoms with van der Waals surface area (Å²) in [7, 11) is 0. The summed E-state index contributed by atoms with van der Waals surface area (Å²) in [6.45, 7) is 2.55. The number of carbonyl (C=O) groups excluding carboxylic acids is 1. The molecule has 1 aromatic carbocycles. The second-order valence-electron chi connectivity index (χ2n) is 3.50. The summed E-state index contributed by atoms with van der Waals surface area (Å²) in [5, 5.41) is 10.9. The molecule has 2 rings (SSSR count). The Bertz CT molecular complexity index is 348. The van der Waals surface area contributed by atoms with Crippen molar-refractivity contribution in [3.05, 3.63) is 24.3 Å². The summed E-state index contributed by atoms with van der Waals surface area (Å²) in [6.07, 6.45) is 0. The van der Waals surface area contributed by atoms with E-state index in [0.29, 0.717) is 6.54 Å². The van der Waals surface area contributed by atoms with E-state index in [9.17, 15) is 4.79 Å². The Kier molecular flexibility index (Phi) is 2.04. The highest BCUT2D eigenvalue weighted by molar-refractivity contribution is 5.83. The quantitative estimate of drug-likeness (QED) is 0.694. The van der Waals surface area contributed by atoms with Gasteiger partial charge in [-0.2, -0.15) is 0 Å². The Hall–Kier alpha value is -1.71. The van der Waals surface area contributed by atoms with E-state index in [1.54, 1.807) is 29.3 Å². The predicted octanol–water partition coefficient (Wildman–Crippen LogP) is 0.879. The number of nitrogens with zero attached hydrogens (tertiary/aromatic N) is 1. The standard InChI is InChI=1S/C10H12N2O2/c1-7-6-12(11-10(7)14)8-2-4-9(13)5-3-8/h2-5,7,13H,6H2,1H3,(H,11,14). The van der Waals surface area contributed by atoms with E-state index in [4.69, 9.17) is 5.11 Å². The van der Waals surface area contributed by atoms with Gasteiger partial charge in [0, 0.05) is 0 Å². The van der Waals surface area contributed by atoms with Crippen molar-refractivity contribution in [3.8, 4) is 5.75 Å². The topological polar surface area (TPSA) is 52.6 Å². The molecule has 0 spiro atoms. The van der Waals surface area contributed by atoms with Crippen molar-refractivity contribution < 1.29 is 9.90 Å². The molecular formula is C10H12N2O2. The van der Waals surface area contributed by atoms with Crippen LogP contribution in [-0.4, -0.2) is 17.6 Å². The summed E-state index contributed by atoms with van der Waals surface area (Å²) in [6, 6.07) is 6.75. The van der Waals surface area contributed by atoms with Gasteiger partial charge in [0.25, 0.3) is 0 Å². The van der Waals surface area contributed by atoms with Crippen molar-refractivity contribution in [1.29, 1.82) is 0 Å². The third kappa shape index (κ3) is 1.51. The first-order valence-electron chi connectivity index (χ1n) is 4.54. The van der Waals surface area contributed by atoms with Crippen LogP contribution in [0.3, 0.4) is 0 Å². The first-order chi connectivity index (χ1) is 6.66. The molecule has 0 aliphatic carbocycles. The average molecular weight is 192 g/mol. The maximum Gasteiger partial charge on any atom is 0.243 e. The molecule has 1 fully saturated rings. The van der Waals surface area contributed by atoms with E-state index in [1.807, 2.05) is 6.92 Å². The van der Waals surface area contributed by atoms with Crippen LogP contribution >= 0.6 is 0 Å². The molecule has 0 radical (unpaired) electrons. The monoisotopic (exact) mass is 192 g/mol. The minimum Gasteiger partial charge on any atom is -0.508 e. The number of rotatable bonds is 1. The zero-order valence-corrected chi connectivity index (χ0v) is 7.90. The van der Waals surface area contributed by atoms with Crippen LogP contribution in [0, 0.1) is 5.92 Å². The fraction of sp³-hybridized carbons (Fsp3) is 0.300. The normalized spacial score (nSPS) is 21.1. The van der Waals surface area contributed by atoms with E-state index in [0.717, 1.165) is 5.69 Å². The summed E-state index contributed by atoms with van der Waals surface area (Å²) in [5.74, 6) is 0.286. The molecule has 1 amide bonds. The summed E-state index contributed by atoms with van der Waals surface area (Å²) >= 11 is 0. The third-order valence-electron chi connectivity index (χ3n) is 2.31. The van der Waals surface area contributed by atoms with Crippen LogP contribution in [0.1, 0.15) is 6.92 Å². The van der Waals surface area contributed by atoms with Crippen LogP contribution in [0.2, 0.25) is 0 Å². The van der Waals surface area contributed by atoms with Crippen molar-refractivity contribution in [2.75, 3.05) is 11.6 Å². The molecule has 0 bridgehead atoms. The van der Waals surface area contributed by atoms with Gasteiger partial charge in [-0.3, -0.25) is 15.2 Å². The second kappa shape index (κ2) is 3.21. The minimum absolute atomic E-state index is 0.0174.